The van der Waals surface area contributed by atoms with E-state index >= 15 is 0 Å². The van der Waals surface area contributed by atoms with Gasteiger partial charge in [-0.05, 0) is 17.5 Å². The average molecular weight is 251 g/mol. The minimum absolute atomic E-state index is 0.844. The molecule has 4 heteroatoms. The van der Waals surface area contributed by atoms with Crippen molar-refractivity contribution in [2.75, 3.05) is 0 Å². The van der Waals surface area contributed by atoms with Crippen molar-refractivity contribution in [2.24, 2.45) is 0 Å². The molecular weight excluding hydrogens is 242 g/mol. The SMILES string of the molecule is c1csc(-c2cnc3[nH]c4ccccc4c3n2)c1. The van der Waals surface area contributed by atoms with Crippen LogP contribution < -0.4 is 0 Å². The number of aromatic amines is 1. The molecule has 1 N–H and O–H groups in total. The Bertz CT molecular complexity index is 831. The second-order valence-corrected chi connectivity index (χ2v) is 5.05. The smallest absolute Gasteiger partial charge is 0.157 e. The summed E-state index contributed by atoms with van der Waals surface area (Å²) < 4.78 is 0. The van der Waals surface area contributed by atoms with Crippen molar-refractivity contribution < 1.29 is 0 Å². The first-order valence-corrected chi connectivity index (χ1v) is 6.57. The van der Waals surface area contributed by atoms with Gasteiger partial charge in [0.05, 0.1) is 16.8 Å². The summed E-state index contributed by atoms with van der Waals surface area (Å²) in [6.45, 7) is 0. The van der Waals surface area contributed by atoms with Crippen LogP contribution in [0.3, 0.4) is 0 Å². The molecule has 0 radical (unpaired) electrons. The Morgan fingerprint density at radius 1 is 1.06 bits per heavy atom. The van der Waals surface area contributed by atoms with Gasteiger partial charge in [0, 0.05) is 10.9 Å². The first-order chi connectivity index (χ1) is 8.92. The predicted molar refractivity (Wildman–Crippen MR) is 74.7 cm³/mol. The minimum Gasteiger partial charge on any atom is -0.338 e. The summed E-state index contributed by atoms with van der Waals surface area (Å²) in [6, 6.07) is 12.2. The standard InChI is InChI=1S/C14H9N3S/c1-2-5-10-9(4-1)13-14(17-10)15-8-11(16-13)12-6-3-7-18-12/h1-8H,(H,15,17). The zero-order valence-corrected chi connectivity index (χ0v) is 10.2. The lowest BCUT2D eigenvalue weighted by Gasteiger charge is -1.96. The number of hydrogen-bond donors (Lipinski definition) is 1. The first kappa shape index (κ1) is 9.79. The molecule has 0 saturated heterocycles. The first-order valence-electron chi connectivity index (χ1n) is 5.69. The fourth-order valence-corrected chi connectivity index (χ4v) is 2.82. The van der Waals surface area contributed by atoms with E-state index in [4.69, 9.17) is 4.98 Å². The number of fused-ring (bicyclic) bond motifs is 3. The van der Waals surface area contributed by atoms with Crippen LogP contribution in [-0.2, 0) is 0 Å². The van der Waals surface area contributed by atoms with Crippen LogP contribution in [0.4, 0.5) is 0 Å². The fourth-order valence-electron chi connectivity index (χ4n) is 2.14. The summed E-state index contributed by atoms with van der Waals surface area (Å²) in [5.41, 5.74) is 3.80. The third-order valence-corrected chi connectivity index (χ3v) is 3.87. The second kappa shape index (κ2) is 3.65. The minimum atomic E-state index is 0.844. The molecule has 86 valence electrons. The maximum Gasteiger partial charge on any atom is 0.157 e. The molecule has 0 bridgehead atoms. The van der Waals surface area contributed by atoms with Gasteiger partial charge in [-0.2, -0.15) is 0 Å². The van der Waals surface area contributed by atoms with Gasteiger partial charge < -0.3 is 4.98 Å². The number of nitrogens with zero attached hydrogens (tertiary/aromatic N) is 2. The molecule has 0 spiro atoms. The number of H-pyrrole nitrogens is 1. The van der Waals surface area contributed by atoms with Gasteiger partial charge in [0.2, 0.25) is 0 Å². The largest absolute Gasteiger partial charge is 0.338 e. The molecule has 0 atom stereocenters. The lowest BCUT2D eigenvalue weighted by Crippen LogP contribution is -1.84. The third kappa shape index (κ3) is 1.36. The van der Waals surface area contributed by atoms with Crippen molar-refractivity contribution in [3.8, 4) is 10.6 Å². The quantitative estimate of drug-likeness (QED) is 0.558. The van der Waals surface area contributed by atoms with Gasteiger partial charge in [-0.3, -0.25) is 0 Å². The van der Waals surface area contributed by atoms with Crippen LogP contribution >= 0.6 is 11.3 Å². The zero-order chi connectivity index (χ0) is 11.9. The summed E-state index contributed by atoms with van der Waals surface area (Å²) in [6.07, 6.45) is 1.82. The van der Waals surface area contributed by atoms with Crippen LogP contribution in [0, 0.1) is 0 Å². The van der Waals surface area contributed by atoms with E-state index in [1.54, 1.807) is 11.3 Å². The molecule has 18 heavy (non-hydrogen) atoms. The number of rotatable bonds is 1. The molecule has 0 amide bonds. The van der Waals surface area contributed by atoms with Gasteiger partial charge in [-0.15, -0.1) is 11.3 Å². The molecule has 1 aromatic carbocycles. The highest BCUT2D eigenvalue weighted by Crippen LogP contribution is 2.27. The van der Waals surface area contributed by atoms with E-state index in [-0.39, 0.29) is 0 Å². The highest BCUT2D eigenvalue weighted by atomic mass is 32.1. The zero-order valence-electron chi connectivity index (χ0n) is 9.42. The van der Waals surface area contributed by atoms with Crippen LogP contribution in [0.5, 0.6) is 0 Å². The van der Waals surface area contributed by atoms with E-state index in [1.807, 2.05) is 30.5 Å². The summed E-state index contributed by atoms with van der Waals surface area (Å²) >= 11 is 1.68. The van der Waals surface area contributed by atoms with Crippen molar-refractivity contribution >= 4 is 33.4 Å². The van der Waals surface area contributed by atoms with E-state index in [0.717, 1.165) is 32.6 Å². The predicted octanol–water partition coefficient (Wildman–Crippen LogP) is 3.84. The third-order valence-electron chi connectivity index (χ3n) is 2.98. The lowest BCUT2D eigenvalue weighted by molar-refractivity contribution is 1.28. The number of hydrogen-bond acceptors (Lipinski definition) is 3. The van der Waals surface area contributed by atoms with Crippen molar-refractivity contribution in [3.63, 3.8) is 0 Å². The monoisotopic (exact) mass is 251 g/mol. The molecular formula is C14H9N3S. The topological polar surface area (TPSA) is 41.6 Å². The summed E-state index contributed by atoms with van der Waals surface area (Å²) in [5, 5.41) is 3.18. The van der Waals surface area contributed by atoms with E-state index in [1.165, 1.54) is 0 Å². The molecule has 0 aliphatic heterocycles. The highest BCUT2D eigenvalue weighted by Gasteiger charge is 2.08. The van der Waals surface area contributed by atoms with Crippen LogP contribution in [0.25, 0.3) is 32.6 Å². The van der Waals surface area contributed by atoms with Gasteiger partial charge in [0.1, 0.15) is 5.52 Å². The van der Waals surface area contributed by atoms with Gasteiger partial charge in [-0.1, -0.05) is 24.3 Å². The van der Waals surface area contributed by atoms with E-state index in [0.29, 0.717) is 0 Å². The van der Waals surface area contributed by atoms with Crippen molar-refractivity contribution in [2.45, 2.75) is 0 Å². The van der Waals surface area contributed by atoms with Gasteiger partial charge in [0.25, 0.3) is 0 Å². The number of para-hydroxylation sites is 1. The number of benzene rings is 1. The molecule has 0 aliphatic carbocycles. The number of thiophene rings is 1. The number of nitrogens with one attached hydrogen (secondary N) is 1. The van der Waals surface area contributed by atoms with Gasteiger partial charge in [0.15, 0.2) is 5.65 Å². The molecule has 4 rings (SSSR count). The average Bonchev–Trinajstić information content (AvgIpc) is 3.05. The highest BCUT2D eigenvalue weighted by molar-refractivity contribution is 7.13. The summed E-state index contributed by atoms with van der Waals surface area (Å²) in [7, 11) is 0. The normalized spacial score (nSPS) is 11.3. The van der Waals surface area contributed by atoms with Crippen molar-refractivity contribution in [3.05, 3.63) is 48.0 Å². The maximum atomic E-state index is 4.72. The van der Waals surface area contributed by atoms with Gasteiger partial charge in [-0.25, -0.2) is 9.97 Å². The Morgan fingerprint density at radius 2 is 2.00 bits per heavy atom. The Balaban J connectivity index is 2.07. The molecule has 0 unspecified atom stereocenters. The fraction of sp³-hybridized carbons (Fsp3) is 0. The molecule has 4 aromatic rings. The maximum absolute atomic E-state index is 4.72. The summed E-state index contributed by atoms with van der Waals surface area (Å²) in [4.78, 5) is 13.6. The van der Waals surface area contributed by atoms with Crippen LogP contribution in [0.15, 0.2) is 48.0 Å². The van der Waals surface area contributed by atoms with Crippen LogP contribution in [-0.4, -0.2) is 15.0 Å². The van der Waals surface area contributed by atoms with Gasteiger partial charge >= 0.3 is 0 Å². The Hall–Kier alpha value is -2.20. The molecule has 0 fully saturated rings. The van der Waals surface area contributed by atoms with Crippen molar-refractivity contribution in [1.29, 1.82) is 0 Å². The molecule has 3 aromatic heterocycles. The molecule has 3 nitrogen and oxygen atoms in total. The van der Waals surface area contributed by atoms with E-state index in [9.17, 15) is 0 Å². The Morgan fingerprint density at radius 3 is 2.89 bits per heavy atom. The molecule has 0 saturated carbocycles. The van der Waals surface area contributed by atoms with E-state index in [2.05, 4.69) is 27.5 Å². The second-order valence-electron chi connectivity index (χ2n) is 4.10. The number of aromatic nitrogens is 3. The Kier molecular flexibility index (Phi) is 1.98. The lowest BCUT2D eigenvalue weighted by atomic mass is 10.2. The Labute approximate surface area is 107 Å². The molecule has 0 aliphatic rings. The van der Waals surface area contributed by atoms with Crippen molar-refractivity contribution in [1.82, 2.24) is 15.0 Å². The molecule has 3 heterocycles. The summed E-state index contributed by atoms with van der Waals surface area (Å²) in [5.74, 6) is 0. The van der Waals surface area contributed by atoms with Crippen LogP contribution in [0.1, 0.15) is 0 Å². The van der Waals surface area contributed by atoms with E-state index < -0.39 is 0 Å². The van der Waals surface area contributed by atoms with Crippen LogP contribution in [0.2, 0.25) is 0 Å².